The molecule has 0 fully saturated rings. The summed E-state index contributed by atoms with van der Waals surface area (Å²) in [5.74, 6) is 0.856. The zero-order chi connectivity index (χ0) is 13.8. The summed E-state index contributed by atoms with van der Waals surface area (Å²) in [7, 11) is 0. The number of nitrogens with zero attached hydrogens (tertiary/aromatic N) is 3. The van der Waals surface area contributed by atoms with E-state index in [2.05, 4.69) is 15.0 Å². The number of nitrogen functional groups attached to an aromatic ring is 1. The Labute approximate surface area is 111 Å². The Morgan fingerprint density at radius 3 is 2.74 bits per heavy atom. The number of hydrogen-bond acceptors (Lipinski definition) is 5. The summed E-state index contributed by atoms with van der Waals surface area (Å²) in [6.45, 7) is 5.94. The lowest BCUT2D eigenvalue weighted by atomic mass is 10.2. The van der Waals surface area contributed by atoms with Gasteiger partial charge in [-0.05, 0) is 30.7 Å². The van der Waals surface area contributed by atoms with Crippen molar-refractivity contribution in [3.05, 3.63) is 36.2 Å². The average Bonchev–Trinajstić information content (AvgIpc) is 2.87. The van der Waals surface area contributed by atoms with Crippen LogP contribution in [0.3, 0.4) is 0 Å². The van der Waals surface area contributed by atoms with E-state index in [9.17, 15) is 0 Å². The van der Waals surface area contributed by atoms with Crippen LogP contribution in [0.4, 0.5) is 5.82 Å². The fourth-order valence-electron chi connectivity index (χ4n) is 1.64. The van der Waals surface area contributed by atoms with E-state index in [1.54, 1.807) is 12.4 Å². The molecule has 0 saturated carbocycles. The topological polar surface area (TPSA) is 77.8 Å². The van der Waals surface area contributed by atoms with Gasteiger partial charge in [-0.1, -0.05) is 13.8 Å². The lowest BCUT2D eigenvalue weighted by molar-refractivity contribution is 0.608. The van der Waals surface area contributed by atoms with E-state index in [0.29, 0.717) is 28.5 Å². The fraction of sp³-hybridized carbons (Fsp3) is 0.214. The first-order valence-corrected chi connectivity index (χ1v) is 6.18. The Morgan fingerprint density at radius 1 is 1.21 bits per heavy atom. The van der Waals surface area contributed by atoms with Gasteiger partial charge in [-0.15, -0.1) is 0 Å². The van der Waals surface area contributed by atoms with E-state index in [1.165, 1.54) is 0 Å². The molecule has 3 aromatic rings. The second kappa shape index (κ2) is 5.48. The maximum Gasteiger partial charge on any atom is 0.247 e. The van der Waals surface area contributed by atoms with Gasteiger partial charge in [0.15, 0.2) is 0 Å². The van der Waals surface area contributed by atoms with Gasteiger partial charge in [-0.25, -0.2) is 15.0 Å². The molecule has 0 radical (unpaired) electrons. The van der Waals surface area contributed by atoms with Crippen molar-refractivity contribution in [1.29, 1.82) is 0 Å². The third-order valence-corrected chi connectivity index (χ3v) is 2.45. The molecule has 3 heterocycles. The fourth-order valence-corrected chi connectivity index (χ4v) is 1.64. The minimum atomic E-state index is 0.405. The molecule has 19 heavy (non-hydrogen) atoms. The molecule has 2 N–H and O–H groups in total. The van der Waals surface area contributed by atoms with E-state index >= 15 is 0 Å². The summed E-state index contributed by atoms with van der Waals surface area (Å²) < 4.78 is 5.55. The minimum Gasteiger partial charge on any atom is -0.418 e. The molecule has 0 spiro atoms. The van der Waals surface area contributed by atoms with Crippen LogP contribution in [0.25, 0.3) is 22.7 Å². The molecule has 0 amide bonds. The van der Waals surface area contributed by atoms with E-state index in [0.717, 1.165) is 5.56 Å². The van der Waals surface area contributed by atoms with Crippen molar-refractivity contribution in [1.82, 2.24) is 15.0 Å². The van der Waals surface area contributed by atoms with Gasteiger partial charge in [0.25, 0.3) is 0 Å². The largest absolute Gasteiger partial charge is 0.418 e. The number of aryl methyl sites for hydroxylation is 1. The van der Waals surface area contributed by atoms with Crippen molar-refractivity contribution in [2.75, 3.05) is 5.73 Å². The Bertz CT molecular complexity index is 658. The molecule has 0 aliphatic heterocycles. The highest BCUT2D eigenvalue weighted by Gasteiger charge is 2.12. The van der Waals surface area contributed by atoms with Crippen molar-refractivity contribution in [2.45, 2.75) is 20.8 Å². The molecule has 0 aliphatic carbocycles. The second-order valence-corrected chi connectivity index (χ2v) is 3.79. The number of hydrogen-bond donors (Lipinski definition) is 1. The van der Waals surface area contributed by atoms with E-state index < -0.39 is 0 Å². The highest BCUT2D eigenvalue weighted by molar-refractivity contribution is 5.75. The molecule has 3 aromatic heterocycles. The number of fused-ring (bicyclic) bond motifs is 1. The van der Waals surface area contributed by atoms with E-state index in [4.69, 9.17) is 10.2 Å². The Kier molecular flexibility index (Phi) is 3.75. The van der Waals surface area contributed by atoms with Gasteiger partial charge in [-0.2, -0.15) is 0 Å². The number of nitrogens with two attached hydrogens (primary N) is 1. The number of anilines is 1. The van der Waals surface area contributed by atoms with Gasteiger partial charge in [0.2, 0.25) is 11.6 Å². The predicted octanol–water partition coefficient (Wildman–Crippen LogP) is 3.20. The number of aromatic nitrogens is 3. The highest BCUT2D eigenvalue weighted by Crippen LogP contribution is 2.26. The zero-order valence-corrected chi connectivity index (χ0v) is 11.2. The van der Waals surface area contributed by atoms with Crippen LogP contribution in [0.5, 0.6) is 0 Å². The number of rotatable bonds is 1. The number of oxazole rings is 1. The van der Waals surface area contributed by atoms with Crippen molar-refractivity contribution >= 4 is 17.0 Å². The molecule has 3 rings (SSSR count). The van der Waals surface area contributed by atoms with Crippen LogP contribution in [0.1, 0.15) is 19.4 Å². The molecule has 0 aromatic carbocycles. The van der Waals surface area contributed by atoms with Crippen molar-refractivity contribution in [3.8, 4) is 11.5 Å². The minimum absolute atomic E-state index is 0.405. The smallest absolute Gasteiger partial charge is 0.247 e. The van der Waals surface area contributed by atoms with Crippen LogP contribution in [-0.2, 0) is 0 Å². The molecule has 0 bridgehead atoms. The molecular weight excluding hydrogens is 240 g/mol. The van der Waals surface area contributed by atoms with Gasteiger partial charge in [0, 0.05) is 12.4 Å². The normalized spacial score (nSPS) is 10.1. The Hall–Kier alpha value is -2.43. The summed E-state index contributed by atoms with van der Waals surface area (Å²) in [5.41, 5.74) is 8.73. The molecule has 5 nitrogen and oxygen atoms in total. The maximum atomic E-state index is 5.81. The van der Waals surface area contributed by atoms with Gasteiger partial charge in [0.05, 0.1) is 5.56 Å². The quantitative estimate of drug-likeness (QED) is 0.723. The summed E-state index contributed by atoms with van der Waals surface area (Å²) in [5, 5.41) is 0. The van der Waals surface area contributed by atoms with Gasteiger partial charge in [-0.3, -0.25) is 0 Å². The SMILES string of the molecule is CC.Cc1cnc(N)c(-c2nc3cccnc3o2)c1. The third-order valence-electron chi connectivity index (χ3n) is 2.45. The molecule has 0 aliphatic rings. The molecule has 0 unspecified atom stereocenters. The van der Waals surface area contributed by atoms with E-state index in [-0.39, 0.29) is 0 Å². The third kappa shape index (κ3) is 2.54. The zero-order valence-electron chi connectivity index (χ0n) is 11.2. The highest BCUT2D eigenvalue weighted by atomic mass is 16.4. The standard InChI is InChI=1S/C12H10N4O.C2H6/c1-7-5-8(10(13)15-6-7)11-16-9-3-2-4-14-12(9)17-11;1-2/h2-6H,1H3,(H2,13,15);1-2H3. The first-order chi connectivity index (χ1) is 9.24. The second-order valence-electron chi connectivity index (χ2n) is 3.79. The van der Waals surface area contributed by atoms with E-state index in [1.807, 2.05) is 39.0 Å². The van der Waals surface area contributed by atoms with Crippen LogP contribution >= 0.6 is 0 Å². The Morgan fingerprint density at radius 2 is 2.00 bits per heavy atom. The van der Waals surface area contributed by atoms with Crippen LogP contribution < -0.4 is 5.73 Å². The Balaban J connectivity index is 0.000000637. The average molecular weight is 256 g/mol. The molecule has 98 valence electrons. The first-order valence-electron chi connectivity index (χ1n) is 6.18. The lowest BCUT2D eigenvalue weighted by Crippen LogP contribution is -1.94. The summed E-state index contributed by atoms with van der Waals surface area (Å²) in [6, 6.07) is 5.55. The maximum absolute atomic E-state index is 5.81. The monoisotopic (exact) mass is 256 g/mol. The van der Waals surface area contributed by atoms with Gasteiger partial charge < -0.3 is 10.2 Å². The van der Waals surface area contributed by atoms with Crippen molar-refractivity contribution in [3.63, 3.8) is 0 Å². The van der Waals surface area contributed by atoms with Crippen LogP contribution in [0, 0.1) is 6.92 Å². The van der Waals surface area contributed by atoms with Crippen LogP contribution in [0.15, 0.2) is 35.0 Å². The molecule has 0 saturated heterocycles. The number of pyridine rings is 2. The molecule has 0 atom stereocenters. The molecular formula is C14H16N4O. The first kappa shape index (κ1) is 13.0. The van der Waals surface area contributed by atoms with Crippen molar-refractivity contribution < 1.29 is 4.42 Å². The lowest BCUT2D eigenvalue weighted by Gasteiger charge is -2.00. The van der Waals surface area contributed by atoms with Gasteiger partial charge in [0.1, 0.15) is 11.3 Å². The molecule has 5 heteroatoms. The summed E-state index contributed by atoms with van der Waals surface area (Å²) in [4.78, 5) is 12.5. The van der Waals surface area contributed by atoms with Crippen molar-refractivity contribution in [2.24, 2.45) is 0 Å². The summed E-state index contributed by atoms with van der Waals surface area (Å²) in [6.07, 6.45) is 3.37. The summed E-state index contributed by atoms with van der Waals surface area (Å²) >= 11 is 0. The van der Waals surface area contributed by atoms with Crippen LogP contribution in [0.2, 0.25) is 0 Å². The predicted molar refractivity (Wildman–Crippen MR) is 75.5 cm³/mol. The van der Waals surface area contributed by atoms with Crippen LogP contribution in [-0.4, -0.2) is 15.0 Å². The van der Waals surface area contributed by atoms with Gasteiger partial charge >= 0.3 is 0 Å².